The van der Waals surface area contributed by atoms with E-state index in [1.807, 2.05) is 133 Å². The molecule has 13 heteroatoms. The van der Waals surface area contributed by atoms with Gasteiger partial charge in [0.2, 0.25) is 11.9 Å². The zero-order chi connectivity index (χ0) is 70.9. The van der Waals surface area contributed by atoms with Gasteiger partial charge in [0, 0.05) is 116 Å². The molecule has 22 rings (SSSR count). The zero-order valence-electron chi connectivity index (χ0n) is 57.4. The molecule has 22 aromatic rings. The molecule has 0 aliphatic heterocycles. The molecule has 0 spiro atoms. The first-order valence-corrected chi connectivity index (χ1v) is 36.4. The Balaban J connectivity index is 0.000000118. The molecule has 0 radical (unpaired) electrons. The van der Waals surface area contributed by atoms with E-state index in [2.05, 4.69) is 275 Å². The molecule has 0 fully saturated rings. The van der Waals surface area contributed by atoms with E-state index < -0.39 is 0 Å². The summed E-state index contributed by atoms with van der Waals surface area (Å²) >= 11 is 3.62. The Hall–Kier alpha value is -14.1. The molecule has 0 unspecified atom stereocenters. The lowest BCUT2D eigenvalue weighted by molar-refractivity contribution is 0.953. The van der Waals surface area contributed by atoms with Crippen molar-refractivity contribution in [1.29, 1.82) is 0 Å². The molecule has 504 valence electrons. The number of hydrogen-bond donors (Lipinski definition) is 1. The smallest absolute Gasteiger partial charge is 0.238 e. The standard InChI is InChI=1S/C47H30N6.C27H17BrN4.C20H14N2/c1-4-14-31(15-5-1)45-48-46(32-16-6-2-7-17-32)50-47(49-45)53-42-23-13-11-21-36(42)39-30-34(24-26-43(39)53)52-41-22-12-10-20-35(41)37-25-27-40-38(44(37)52)28-29-51(40)33-18-8-3-9-19-33;28-20-15-16-24-22(17-20)21-13-7-8-14-23(21)32(24)27-30-25(18-9-3-1-4-10-18)29-26(31-27)19-11-5-2-6-12-19;1-2-6-14(7-3-1)22-13-12-17-19(22)11-10-16-15-8-4-5-9-18(15)21-20(16)17/h1-30H;1-17H;1-13,21H. The fourth-order valence-electron chi connectivity index (χ4n) is 15.4. The second kappa shape index (κ2) is 26.3. The largest absolute Gasteiger partial charge is 0.354 e. The summed E-state index contributed by atoms with van der Waals surface area (Å²) in [5, 5.41) is 12.1. The van der Waals surface area contributed by atoms with Crippen molar-refractivity contribution >= 4 is 125 Å². The second-order valence-corrected chi connectivity index (χ2v) is 27.4. The molecule has 0 atom stereocenters. The van der Waals surface area contributed by atoms with Crippen LogP contribution in [0, 0.1) is 0 Å². The predicted octanol–water partition coefficient (Wildman–Crippen LogP) is 23.7. The number of nitrogens with zero attached hydrogens (tertiary/aromatic N) is 11. The van der Waals surface area contributed by atoms with Crippen LogP contribution in [0.3, 0.4) is 0 Å². The van der Waals surface area contributed by atoms with E-state index in [1.165, 1.54) is 71.1 Å². The third-order valence-electron chi connectivity index (χ3n) is 20.2. The SMILES string of the molecule is Brc1ccc2c(c1)c1ccccc1n2-c1nc(-c2ccccc2)nc(-c2ccccc2)n1.c1ccc(-c2nc(-c3ccccc3)nc(-n3c4ccccc4c4cc(-n5c6ccccc6c6ccc7c(ccn7-c7ccccc7)c65)ccc43)n2)cc1.c1ccc(-n2ccc3c4[nH]c5ccccc5c4ccc32)cc1. The molecule has 0 aliphatic carbocycles. The molecule has 0 aliphatic rings. The number of aromatic amines is 1. The summed E-state index contributed by atoms with van der Waals surface area (Å²) in [7, 11) is 0. The monoisotopic (exact) mass is 1440 g/mol. The first-order chi connectivity index (χ1) is 53.0. The van der Waals surface area contributed by atoms with Crippen LogP contribution in [0.25, 0.3) is 184 Å². The Kier molecular flexibility index (Phi) is 15.4. The number of benzene rings is 14. The Morgan fingerprint density at radius 1 is 0.234 bits per heavy atom. The Labute approximate surface area is 621 Å². The number of fused-ring (bicyclic) bond motifs is 16. The van der Waals surface area contributed by atoms with Crippen molar-refractivity contribution < 1.29 is 0 Å². The van der Waals surface area contributed by atoms with Gasteiger partial charge in [-0.1, -0.05) is 259 Å². The third-order valence-corrected chi connectivity index (χ3v) is 20.7. The Morgan fingerprint density at radius 3 is 1.09 bits per heavy atom. The van der Waals surface area contributed by atoms with Crippen molar-refractivity contribution in [3.05, 3.63) is 369 Å². The highest BCUT2D eigenvalue weighted by molar-refractivity contribution is 9.10. The average Bonchev–Trinajstić information content (AvgIpc) is 1.56. The highest BCUT2D eigenvalue weighted by atomic mass is 79.9. The van der Waals surface area contributed by atoms with Crippen LogP contribution in [-0.2, 0) is 0 Å². The average molecular weight is 1440 g/mol. The third kappa shape index (κ3) is 11.0. The number of rotatable bonds is 9. The van der Waals surface area contributed by atoms with Crippen molar-refractivity contribution in [1.82, 2.24) is 57.7 Å². The van der Waals surface area contributed by atoms with Gasteiger partial charge in [0.15, 0.2) is 23.3 Å². The van der Waals surface area contributed by atoms with Crippen LogP contribution in [0.5, 0.6) is 0 Å². The van der Waals surface area contributed by atoms with Crippen LogP contribution in [0.2, 0.25) is 0 Å². The van der Waals surface area contributed by atoms with E-state index >= 15 is 0 Å². The van der Waals surface area contributed by atoms with Crippen molar-refractivity contribution in [3.8, 4) is 74.5 Å². The van der Waals surface area contributed by atoms with Gasteiger partial charge in [0.1, 0.15) is 0 Å². The minimum Gasteiger partial charge on any atom is -0.354 e. The molecular weight excluding hydrogens is 1380 g/mol. The quantitative estimate of drug-likeness (QED) is 0.154. The number of nitrogens with one attached hydrogen (secondary N) is 1. The van der Waals surface area contributed by atoms with Crippen molar-refractivity contribution in [2.24, 2.45) is 0 Å². The molecule has 0 saturated heterocycles. The molecule has 0 saturated carbocycles. The summed E-state index contributed by atoms with van der Waals surface area (Å²) in [5.41, 5.74) is 18.6. The number of halogens is 1. The van der Waals surface area contributed by atoms with Crippen LogP contribution in [0.4, 0.5) is 0 Å². The summed E-state index contributed by atoms with van der Waals surface area (Å²) in [6.07, 6.45) is 4.32. The molecular formula is C94H61BrN12. The summed E-state index contributed by atoms with van der Waals surface area (Å²) in [5.74, 6) is 3.75. The first-order valence-electron chi connectivity index (χ1n) is 35.6. The van der Waals surface area contributed by atoms with E-state index in [0.29, 0.717) is 35.2 Å². The van der Waals surface area contributed by atoms with Gasteiger partial charge in [-0.05, 0) is 109 Å². The van der Waals surface area contributed by atoms with E-state index in [4.69, 9.17) is 29.9 Å². The summed E-state index contributed by atoms with van der Waals surface area (Å²) in [6, 6.07) is 122. The second-order valence-electron chi connectivity index (χ2n) is 26.5. The van der Waals surface area contributed by atoms with Gasteiger partial charge in [-0.15, -0.1) is 0 Å². The Bertz CT molecular complexity index is 7010. The Morgan fingerprint density at radius 2 is 0.598 bits per heavy atom. The fraction of sp³-hybridized carbons (Fsp3) is 0. The summed E-state index contributed by atoms with van der Waals surface area (Å²) in [6.45, 7) is 0. The van der Waals surface area contributed by atoms with Crippen molar-refractivity contribution in [2.75, 3.05) is 0 Å². The van der Waals surface area contributed by atoms with E-state index in [1.54, 1.807) is 0 Å². The molecule has 0 amide bonds. The van der Waals surface area contributed by atoms with Crippen LogP contribution >= 0.6 is 15.9 Å². The fourth-order valence-corrected chi connectivity index (χ4v) is 15.7. The maximum Gasteiger partial charge on any atom is 0.238 e. The molecule has 12 nitrogen and oxygen atoms in total. The molecule has 1 N–H and O–H groups in total. The summed E-state index contributed by atoms with van der Waals surface area (Å²) < 4.78 is 12.3. The van der Waals surface area contributed by atoms with Gasteiger partial charge < -0.3 is 18.7 Å². The van der Waals surface area contributed by atoms with Crippen LogP contribution < -0.4 is 0 Å². The van der Waals surface area contributed by atoms with Gasteiger partial charge in [-0.25, -0.2) is 9.97 Å². The molecule has 8 heterocycles. The number of H-pyrrole nitrogens is 1. The van der Waals surface area contributed by atoms with Gasteiger partial charge in [-0.2, -0.15) is 19.9 Å². The normalized spacial score (nSPS) is 11.6. The lowest BCUT2D eigenvalue weighted by atomic mass is 10.1. The molecule has 0 bridgehead atoms. The van der Waals surface area contributed by atoms with Gasteiger partial charge in [0.25, 0.3) is 0 Å². The highest BCUT2D eigenvalue weighted by Crippen LogP contribution is 2.42. The van der Waals surface area contributed by atoms with Gasteiger partial charge in [0.05, 0.1) is 49.7 Å². The van der Waals surface area contributed by atoms with Crippen LogP contribution in [-0.4, -0.2) is 57.7 Å². The van der Waals surface area contributed by atoms with Crippen molar-refractivity contribution in [3.63, 3.8) is 0 Å². The topological polar surface area (TPSA) is 118 Å². The lowest BCUT2D eigenvalue weighted by Gasteiger charge is -2.12. The summed E-state index contributed by atoms with van der Waals surface area (Å²) in [4.78, 5) is 33.4. The van der Waals surface area contributed by atoms with E-state index in [9.17, 15) is 0 Å². The zero-order valence-corrected chi connectivity index (χ0v) is 59.0. The van der Waals surface area contributed by atoms with Crippen LogP contribution in [0.1, 0.15) is 0 Å². The maximum absolute atomic E-state index is 5.12. The van der Waals surface area contributed by atoms with Crippen LogP contribution in [0.15, 0.2) is 369 Å². The first kappa shape index (κ1) is 62.6. The van der Waals surface area contributed by atoms with E-state index in [0.717, 1.165) is 81.7 Å². The number of aromatic nitrogens is 12. The molecule has 8 aromatic heterocycles. The molecule has 107 heavy (non-hydrogen) atoms. The highest BCUT2D eigenvalue weighted by Gasteiger charge is 2.23. The number of para-hydroxylation sites is 6. The molecule has 14 aromatic carbocycles. The van der Waals surface area contributed by atoms with Crippen molar-refractivity contribution in [2.45, 2.75) is 0 Å². The van der Waals surface area contributed by atoms with Gasteiger partial charge in [-0.3, -0.25) is 9.13 Å². The lowest BCUT2D eigenvalue weighted by Crippen LogP contribution is -2.06. The minimum absolute atomic E-state index is 0.581. The maximum atomic E-state index is 5.12. The van der Waals surface area contributed by atoms with Gasteiger partial charge >= 0.3 is 0 Å². The minimum atomic E-state index is 0.581. The predicted molar refractivity (Wildman–Crippen MR) is 442 cm³/mol. The number of hydrogen-bond acceptors (Lipinski definition) is 6. The van der Waals surface area contributed by atoms with E-state index in [-0.39, 0.29) is 0 Å².